The molecule has 0 saturated carbocycles. The largest absolute Gasteiger partial charge is 0.493 e. The number of para-hydroxylation sites is 1. The minimum Gasteiger partial charge on any atom is -0.493 e. The number of carbonyl (C=O) groups excluding carboxylic acids is 1. The second-order valence-corrected chi connectivity index (χ2v) is 5.24. The zero-order valence-electron chi connectivity index (χ0n) is 15.1. The van der Waals surface area contributed by atoms with Crippen LogP contribution in [0.25, 0.3) is 6.08 Å². The number of amides is 1. The van der Waals surface area contributed by atoms with Crippen LogP contribution in [0.1, 0.15) is 11.1 Å². The van der Waals surface area contributed by atoms with Gasteiger partial charge in [0.2, 0.25) is 5.75 Å². The van der Waals surface area contributed by atoms with Gasteiger partial charge in [0, 0.05) is 0 Å². The van der Waals surface area contributed by atoms with Crippen LogP contribution < -0.4 is 19.5 Å². The van der Waals surface area contributed by atoms with Gasteiger partial charge in [0.05, 0.1) is 32.6 Å². The number of nitrogens with one attached hydrogen (secondary N) is 1. The number of methoxy groups -OCH3 is 3. The van der Waals surface area contributed by atoms with Crippen LogP contribution in [0, 0.1) is 22.7 Å². The van der Waals surface area contributed by atoms with Crippen LogP contribution in [0.15, 0.2) is 42.0 Å². The second-order valence-electron chi connectivity index (χ2n) is 5.24. The summed E-state index contributed by atoms with van der Waals surface area (Å²) in [7, 11) is 4.43. The fraction of sp³-hybridized carbons (Fsp3) is 0.150. The first-order valence-corrected chi connectivity index (χ1v) is 7.80. The summed E-state index contributed by atoms with van der Waals surface area (Å²) in [4.78, 5) is 12.4. The number of benzene rings is 2. The summed E-state index contributed by atoms with van der Waals surface area (Å²) in [6.45, 7) is 0. The normalized spacial score (nSPS) is 10.3. The molecule has 1 N–H and O–H groups in total. The molecule has 0 unspecified atom stereocenters. The Morgan fingerprint density at radius 1 is 1.04 bits per heavy atom. The molecule has 0 aliphatic heterocycles. The van der Waals surface area contributed by atoms with E-state index in [1.165, 1.54) is 27.4 Å². The summed E-state index contributed by atoms with van der Waals surface area (Å²) < 4.78 is 15.8. The molecule has 0 fully saturated rings. The van der Waals surface area contributed by atoms with Crippen LogP contribution in [0.4, 0.5) is 5.69 Å². The maximum absolute atomic E-state index is 12.4. The number of anilines is 1. The van der Waals surface area contributed by atoms with Crippen LogP contribution in [0.2, 0.25) is 0 Å². The molecule has 0 radical (unpaired) electrons. The molecule has 0 aromatic heterocycles. The molecule has 2 rings (SSSR count). The lowest BCUT2D eigenvalue weighted by atomic mass is 10.1. The molecule has 0 spiro atoms. The highest BCUT2D eigenvalue weighted by Crippen LogP contribution is 2.38. The Hall–Kier alpha value is -3.97. The first-order chi connectivity index (χ1) is 13.1. The van der Waals surface area contributed by atoms with E-state index in [0.29, 0.717) is 34.1 Å². The van der Waals surface area contributed by atoms with E-state index in [9.17, 15) is 10.1 Å². The van der Waals surface area contributed by atoms with Crippen molar-refractivity contribution in [3.8, 4) is 29.4 Å². The molecule has 0 aliphatic rings. The average molecular weight is 363 g/mol. The molecule has 2 aromatic carbocycles. The molecule has 27 heavy (non-hydrogen) atoms. The maximum atomic E-state index is 12.4. The maximum Gasteiger partial charge on any atom is 0.266 e. The van der Waals surface area contributed by atoms with Gasteiger partial charge in [0.15, 0.2) is 11.5 Å². The van der Waals surface area contributed by atoms with E-state index in [1.54, 1.807) is 36.4 Å². The molecule has 0 heterocycles. The highest BCUT2D eigenvalue weighted by atomic mass is 16.5. The molecule has 2 aromatic rings. The lowest BCUT2D eigenvalue weighted by Gasteiger charge is -2.13. The third kappa shape index (κ3) is 4.36. The van der Waals surface area contributed by atoms with E-state index in [0.717, 1.165) is 0 Å². The summed E-state index contributed by atoms with van der Waals surface area (Å²) in [6.07, 6.45) is 1.40. The van der Waals surface area contributed by atoms with Crippen molar-refractivity contribution in [1.82, 2.24) is 0 Å². The molecule has 7 nitrogen and oxygen atoms in total. The Kier molecular flexibility index (Phi) is 6.40. The topological polar surface area (TPSA) is 104 Å². The fourth-order valence-electron chi connectivity index (χ4n) is 2.38. The lowest BCUT2D eigenvalue weighted by Crippen LogP contribution is -2.14. The Balaban J connectivity index is 2.40. The number of nitrogens with zero attached hydrogens (tertiary/aromatic N) is 2. The molecule has 0 atom stereocenters. The summed E-state index contributed by atoms with van der Waals surface area (Å²) in [5.74, 6) is 0.572. The van der Waals surface area contributed by atoms with Crippen molar-refractivity contribution in [3.63, 3.8) is 0 Å². The van der Waals surface area contributed by atoms with Crippen LogP contribution in [0.3, 0.4) is 0 Å². The molecular formula is C20H17N3O4. The minimum atomic E-state index is -0.631. The van der Waals surface area contributed by atoms with Gasteiger partial charge in [0.25, 0.3) is 5.91 Å². The molecule has 136 valence electrons. The zero-order chi connectivity index (χ0) is 19.8. The van der Waals surface area contributed by atoms with Gasteiger partial charge in [0.1, 0.15) is 17.7 Å². The summed E-state index contributed by atoms with van der Waals surface area (Å²) in [5.41, 5.74) is 1.01. The Bertz CT molecular complexity index is 943. The van der Waals surface area contributed by atoms with Crippen molar-refractivity contribution in [1.29, 1.82) is 10.5 Å². The molecule has 0 bridgehead atoms. The van der Waals surface area contributed by atoms with Gasteiger partial charge in [-0.05, 0) is 35.9 Å². The monoisotopic (exact) mass is 363 g/mol. The Labute approximate surface area is 157 Å². The summed E-state index contributed by atoms with van der Waals surface area (Å²) >= 11 is 0. The van der Waals surface area contributed by atoms with Crippen molar-refractivity contribution >= 4 is 17.7 Å². The fourth-order valence-corrected chi connectivity index (χ4v) is 2.38. The quantitative estimate of drug-likeness (QED) is 0.624. The van der Waals surface area contributed by atoms with E-state index in [1.807, 2.05) is 12.1 Å². The van der Waals surface area contributed by atoms with Crippen LogP contribution in [0.5, 0.6) is 17.2 Å². The third-order valence-corrected chi connectivity index (χ3v) is 3.66. The van der Waals surface area contributed by atoms with Crippen molar-refractivity contribution in [2.45, 2.75) is 0 Å². The number of hydrogen-bond acceptors (Lipinski definition) is 6. The lowest BCUT2D eigenvalue weighted by molar-refractivity contribution is -0.112. The van der Waals surface area contributed by atoms with Gasteiger partial charge >= 0.3 is 0 Å². The van der Waals surface area contributed by atoms with E-state index in [-0.39, 0.29) is 5.57 Å². The minimum absolute atomic E-state index is 0.142. The van der Waals surface area contributed by atoms with Gasteiger partial charge < -0.3 is 19.5 Å². The van der Waals surface area contributed by atoms with Gasteiger partial charge in [-0.3, -0.25) is 4.79 Å². The Morgan fingerprint density at radius 2 is 1.67 bits per heavy atom. The zero-order valence-corrected chi connectivity index (χ0v) is 15.1. The molecule has 0 aliphatic carbocycles. The third-order valence-electron chi connectivity index (χ3n) is 3.66. The van der Waals surface area contributed by atoms with Crippen LogP contribution >= 0.6 is 0 Å². The predicted octanol–water partition coefficient (Wildman–Crippen LogP) is 3.13. The van der Waals surface area contributed by atoms with Gasteiger partial charge in [-0.25, -0.2) is 0 Å². The number of nitriles is 2. The highest BCUT2D eigenvalue weighted by Gasteiger charge is 2.15. The van der Waals surface area contributed by atoms with Crippen molar-refractivity contribution in [2.75, 3.05) is 26.6 Å². The van der Waals surface area contributed by atoms with E-state index in [4.69, 9.17) is 19.5 Å². The standard InChI is InChI=1S/C20H17N3O4/c1-25-17-9-13(10-18(26-2)19(17)27-3)8-15(12-22)20(24)23-16-7-5-4-6-14(16)11-21/h4-10H,1-3H3,(H,23,24)/b15-8+. The van der Waals surface area contributed by atoms with E-state index < -0.39 is 5.91 Å². The number of ether oxygens (including phenoxy) is 3. The molecule has 0 saturated heterocycles. The summed E-state index contributed by atoms with van der Waals surface area (Å²) in [6, 6.07) is 13.6. The SMILES string of the molecule is COc1cc(/C=C(\C#N)C(=O)Nc2ccccc2C#N)cc(OC)c1OC. The Morgan fingerprint density at radius 3 is 2.19 bits per heavy atom. The van der Waals surface area contributed by atoms with E-state index >= 15 is 0 Å². The molecular weight excluding hydrogens is 346 g/mol. The summed E-state index contributed by atoms with van der Waals surface area (Å²) in [5, 5.41) is 21.1. The smallest absolute Gasteiger partial charge is 0.266 e. The van der Waals surface area contributed by atoms with Gasteiger partial charge in [-0.15, -0.1) is 0 Å². The number of hydrogen-bond donors (Lipinski definition) is 1. The van der Waals surface area contributed by atoms with Crippen molar-refractivity contribution < 1.29 is 19.0 Å². The molecule has 1 amide bonds. The van der Waals surface area contributed by atoms with Crippen LogP contribution in [-0.2, 0) is 4.79 Å². The first-order valence-electron chi connectivity index (χ1n) is 7.80. The van der Waals surface area contributed by atoms with Crippen LogP contribution in [-0.4, -0.2) is 27.2 Å². The van der Waals surface area contributed by atoms with Crippen molar-refractivity contribution in [3.05, 3.63) is 53.1 Å². The number of carbonyl (C=O) groups is 1. The van der Waals surface area contributed by atoms with Gasteiger partial charge in [-0.2, -0.15) is 10.5 Å². The highest BCUT2D eigenvalue weighted by molar-refractivity contribution is 6.10. The first kappa shape index (κ1) is 19.4. The predicted molar refractivity (Wildman–Crippen MR) is 99.5 cm³/mol. The second kappa shape index (κ2) is 8.93. The average Bonchev–Trinajstić information content (AvgIpc) is 2.71. The van der Waals surface area contributed by atoms with E-state index in [2.05, 4.69) is 5.32 Å². The van der Waals surface area contributed by atoms with Crippen molar-refractivity contribution in [2.24, 2.45) is 0 Å². The number of rotatable bonds is 6. The van der Waals surface area contributed by atoms with Gasteiger partial charge in [-0.1, -0.05) is 12.1 Å². The molecule has 7 heteroatoms.